The molecule has 0 amide bonds. The molecule has 3 aliphatic rings. The molecular weight excluding hydrogens is 546 g/mol. The zero-order valence-corrected chi connectivity index (χ0v) is 24.7. The Bertz CT molecular complexity index is 1460. The van der Waals surface area contributed by atoms with Crippen molar-refractivity contribution < 1.29 is 42.9 Å². The number of carbonyl (C=O) groups excluding carboxylic acids is 3. The van der Waals surface area contributed by atoms with Crippen molar-refractivity contribution in [2.24, 2.45) is 22.7 Å². The van der Waals surface area contributed by atoms with Gasteiger partial charge in [0.15, 0.2) is 0 Å². The van der Waals surface area contributed by atoms with Gasteiger partial charge in [-0.25, -0.2) is 4.79 Å². The van der Waals surface area contributed by atoms with Gasteiger partial charge in [0, 0.05) is 56.1 Å². The van der Waals surface area contributed by atoms with E-state index in [0.29, 0.717) is 18.4 Å². The van der Waals surface area contributed by atoms with E-state index in [1.165, 1.54) is 20.8 Å². The fourth-order valence-electron chi connectivity index (χ4n) is 8.04. The Morgan fingerprint density at radius 1 is 1.07 bits per heavy atom. The monoisotopic (exact) mass is 583 g/mol. The van der Waals surface area contributed by atoms with E-state index in [1.54, 1.807) is 37.5 Å². The third kappa shape index (κ3) is 4.77. The Balaban J connectivity index is 1.66. The molecule has 1 N–H and O–H groups in total. The number of aliphatic hydroxyl groups is 1. The van der Waals surface area contributed by atoms with Gasteiger partial charge in [-0.15, -0.1) is 0 Å². The molecule has 0 bridgehead atoms. The first kappa shape index (κ1) is 29.8. The summed E-state index contributed by atoms with van der Waals surface area (Å²) in [5.74, 6) is -2.25. The third-order valence-corrected chi connectivity index (χ3v) is 9.73. The molecule has 5 rings (SSSR count). The highest BCUT2D eigenvalue weighted by Gasteiger charge is 2.70. The van der Waals surface area contributed by atoms with Gasteiger partial charge in [0.2, 0.25) is 0 Å². The van der Waals surface area contributed by atoms with Crippen LogP contribution in [0.15, 0.2) is 39.8 Å². The molecule has 2 aromatic heterocycles. The molecule has 11 nitrogen and oxygen atoms in total. The zero-order chi connectivity index (χ0) is 30.6. The minimum Gasteiger partial charge on any atom is -0.482 e. The van der Waals surface area contributed by atoms with Crippen LogP contribution < -0.4 is 10.4 Å². The third-order valence-electron chi connectivity index (χ3n) is 9.73. The van der Waals surface area contributed by atoms with E-state index in [1.807, 2.05) is 13.8 Å². The summed E-state index contributed by atoms with van der Waals surface area (Å²) in [6.07, 6.45) is 1.53. The van der Waals surface area contributed by atoms with Crippen molar-refractivity contribution in [1.29, 1.82) is 0 Å². The lowest BCUT2D eigenvalue weighted by atomic mass is 9.42. The van der Waals surface area contributed by atoms with E-state index < -0.39 is 64.2 Å². The van der Waals surface area contributed by atoms with Crippen LogP contribution in [0.4, 0.5) is 0 Å². The molecule has 1 aliphatic heterocycles. The SMILES string of the molecule is CC(=O)OC[C@]1(C)C(OC(C)=O)CC[C@]2(C)[C@H]3[C@@H](O)c4c(cc(-c5cccnc5)oc4=O)O[C@]3(C)[C@@H](OC(C)=O)C[C@H]21. The second-order valence-corrected chi connectivity index (χ2v) is 12.4. The number of esters is 3. The summed E-state index contributed by atoms with van der Waals surface area (Å²) in [5.41, 5.74) is -3.09. The predicted molar refractivity (Wildman–Crippen MR) is 147 cm³/mol. The first-order valence-corrected chi connectivity index (χ1v) is 14.1. The molecule has 8 atom stereocenters. The minimum absolute atomic E-state index is 0.0163. The fraction of sp³-hybridized carbons (Fsp3) is 0.581. The van der Waals surface area contributed by atoms with E-state index in [4.69, 9.17) is 23.4 Å². The summed E-state index contributed by atoms with van der Waals surface area (Å²) in [5, 5.41) is 12.1. The number of hydrogen-bond donors (Lipinski definition) is 1. The quantitative estimate of drug-likeness (QED) is 0.405. The molecule has 2 aromatic rings. The Morgan fingerprint density at radius 3 is 2.38 bits per heavy atom. The maximum Gasteiger partial charge on any atom is 0.345 e. The van der Waals surface area contributed by atoms with Crippen LogP contribution in [0, 0.1) is 22.7 Å². The Labute approximate surface area is 243 Å². The number of rotatable bonds is 5. The van der Waals surface area contributed by atoms with Gasteiger partial charge in [-0.2, -0.15) is 0 Å². The van der Waals surface area contributed by atoms with Crippen LogP contribution in [-0.4, -0.2) is 52.4 Å². The van der Waals surface area contributed by atoms with Gasteiger partial charge in [0.05, 0.1) is 6.10 Å². The Morgan fingerprint density at radius 2 is 1.76 bits per heavy atom. The van der Waals surface area contributed by atoms with Crippen molar-refractivity contribution in [3.05, 3.63) is 46.6 Å². The number of fused-ring (bicyclic) bond motifs is 4. The van der Waals surface area contributed by atoms with Gasteiger partial charge in [0.1, 0.15) is 41.5 Å². The smallest absolute Gasteiger partial charge is 0.345 e. The second-order valence-electron chi connectivity index (χ2n) is 12.4. The molecule has 0 radical (unpaired) electrons. The fourth-order valence-corrected chi connectivity index (χ4v) is 8.04. The highest BCUT2D eigenvalue weighted by Crippen LogP contribution is 2.67. The molecule has 0 aromatic carbocycles. The summed E-state index contributed by atoms with van der Waals surface area (Å²) in [7, 11) is 0. The average molecular weight is 584 g/mol. The van der Waals surface area contributed by atoms with Crippen molar-refractivity contribution >= 4 is 17.9 Å². The Kier molecular flexibility index (Phi) is 7.45. The van der Waals surface area contributed by atoms with Crippen LogP contribution in [0.2, 0.25) is 0 Å². The minimum atomic E-state index is -1.34. The van der Waals surface area contributed by atoms with Gasteiger partial charge in [-0.05, 0) is 49.7 Å². The van der Waals surface area contributed by atoms with Gasteiger partial charge in [-0.1, -0.05) is 13.8 Å². The predicted octanol–water partition coefficient (Wildman–Crippen LogP) is 3.76. The second kappa shape index (κ2) is 10.5. The summed E-state index contributed by atoms with van der Waals surface area (Å²) in [4.78, 5) is 54.0. The highest BCUT2D eigenvalue weighted by molar-refractivity contribution is 5.67. The number of carbonyl (C=O) groups is 3. The molecule has 42 heavy (non-hydrogen) atoms. The van der Waals surface area contributed by atoms with Crippen molar-refractivity contribution in [3.8, 4) is 17.1 Å². The normalized spacial score (nSPS) is 35.0. The Hall–Kier alpha value is -3.73. The lowest BCUT2D eigenvalue weighted by Crippen LogP contribution is -2.71. The van der Waals surface area contributed by atoms with Gasteiger partial charge < -0.3 is 28.5 Å². The topological polar surface area (TPSA) is 151 Å². The van der Waals surface area contributed by atoms with E-state index in [2.05, 4.69) is 4.98 Å². The lowest BCUT2D eigenvalue weighted by molar-refractivity contribution is -0.270. The maximum atomic E-state index is 13.4. The number of aromatic nitrogens is 1. The van der Waals surface area contributed by atoms with Gasteiger partial charge in [0.25, 0.3) is 0 Å². The molecule has 2 aliphatic carbocycles. The number of hydrogen-bond acceptors (Lipinski definition) is 11. The average Bonchev–Trinajstić information content (AvgIpc) is 2.90. The summed E-state index contributed by atoms with van der Waals surface area (Å²) >= 11 is 0. The molecule has 0 saturated heterocycles. The van der Waals surface area contributed by atoms with Crippen LogP contribution in [-0.2, 0) is 28.6 Å². The number of aliphatic hydroxyl groups excluding tert-OH is 1. The first-order valence-electron chi connectivity index (χ1n) is 14.1. The zero-order valence-electron chi connectivity index (χ0n) is 24.7. The molecule has 2 saturated carbocycles. The largest absolute Gasteiger partial charge is 0.482 e. The standard InChI is InChI=1S/C31H37NO10/c1-16(33)38-15-30(5)22-13-24(40-18(3)35)31(6)27(29(22,4)10-9-23(30)39-17(2)34)26(36)25-21(42-31)12-20(41-28(25)37)19-8-7-11-32-14-19/h7-8,11-12,14,22-24,26-27,36H,9-10,13,15H2,1-6H3/t22-,23?,24+,26+,27-,29+,30+,31-/m1/s1. The van der Waals surface area contributed by atoms with Crippen molar-refractivity contribution in [2.75, 3.05) is 6.61 Å². The summed E-state index contributed by atoms with van der Waals surface area (Å²) in [6, 6.07) is 5.00. The number of ether oxygens (including phenoxy) is 4. The summed E-state index contributed by atoms with van der Waals surface area (Å²) < 4.78 is 29.5. The van der Waals surface area contributed by atoms with Crippen LogP contribution in [0.5, 0.6) is 5.75 Å². The van der Waals surface area contributed by atoms with Crippen LogP contribution in [0.1, 0.15) is 72.5 Å². The molecule has 2 fully saturated rings. The summed E-state index contributed by atoms with van der Waals surface area (Å²) in [6.45, 7) is 9.56. The molecule has 0 spiro atoms. The van der Waals surface area contributed by atoms with Crippen molar-refractivity contribution in [3.63, 3.8) is 0 Å². The van der Waals surface area contributed by atoms with Crippen molar-refractivity contribution in [2.45, 2.75) is 84.7 Å². The highest BCUT2D eigenvalue weighted by atomic mass is 16.6. The van der Waals surface area contributed by atoms with E-state index in [9.17, 15) is 24.3 Å². The molecule has 11 heteroatoms. The van der Waals surface area contributed by atoms with Gasteiger partial charge in [-0.3, -0.25) is 19.4 Å². The molecule has 226 valence electrons. The maximum absolute atomic E-state index is 13.4. The van der Waals surface area contributed by atoms with Gasteiger partial charge >= 0.3 is 23.5 Å². The van der Waals surface area contributed by atoms with E-state index >= 15 is 0 Å². The first-order chi connectivity index (χ1) is 19.7. The van der Waals surface area contributed by atoms with Crippen LogP contribution >= 0.6 is 0 Å². The lowest BCUT2D eigenvalue weighted by Gasteiger charge is -2.66. The van der Waals surface area contributed by atoms with Crippen LogP contribution in [0.25, 0.3) is 11.3 Å². The molecule has 1 unspecified atom stereocenters. The van der Waals surface area contributed by atoms with Crippen molar-refractivity contribution in [1.82, 2.24) is 4.98 Å². The van der Waals surface area contributed by atoms with E-state index in [0.717, 1.165) is 0 Å². The number of pyridine rings is 1. The van der Waals surface area contributed by atoms with Crippen LogP contribution in [0.3, 0.4) is 0 Å². The number of nitrogens with zero attached hydrogens (tertiary/aromatic N) is 1. The molecular formula is C31H37NO10. The molecule has 3 heterocycles. The van der Waals surface area contributed by atoms with E-state index in [-0.39, 0.29) is 36.0 Å².